The first-order valence-corrected chi connectivity index (χ1v) is 9.43. The van der Waals surface area contributed by atoms with Gasteiger partial charge in [-0.05, 0) is 69.8 Å². The van der Waals surface area contributed by atoms with Crippen LogP contribution in [0.4, 0.5) is 28.4 Å². The third-order valence-electron chi connectivity index (χ3n) is 3.05. The van der Waals surface area contributed by atoms with Crippen LogP contribution in [0, 0.1) is 30.3 Å². The fourth-order valence-electron chi connectivity index (χ4n) is 1.92. The first kappa shape index (κ1) is 20.7. The predicted octanol–water partition coefficient (Wildman–Crippen LogP) is 6.20. The number of non-ortho nitro benzene ring substituents is 1. The molecular weight excluding hydrogens is 616 g/mol. The first-order valence-electron chi connectivity index (χ1n) is 6.25. The molecule has 2 aromatic carbocycles. The molecule has 0 aromatic heterocycles. The zero-order valence-corrected chi connectivity index (χ0v) is 18.4. The van der Waals surface area contributed by atoms with Crippen LogP contribution in [-0.2, 0) is 0 Å². The number of nitro groups is 3. The molecule has 0 unspecified atom stereocenters. The number of benzene rings is 2. The van der Waals surface area contributed by atoms with E-state index in [-0.39, 0.29) is 5.69 Å². The van der Waals surface area contributed by atoms with Gasteiger partial charge in [0, 0.05) is 13.4 Å². The molecule has 10 nitrogen and oxygen atoms in total. The maximum atomic E-state index is 11.3. The standard InChI is InChI=1S/C12H4Br4N4O6/c13-5-3-6(14)11(10(16)9(5)15)17-12-7(19(23)24)1-4(18(21)22)2-8(12)20(25)26/h1-3,17H. The van der Waals surface area contributed by atoms with E-state index in [9.17, 15) is 30.3 Å². The molecule has 0 amide bonds. The van der Waals surface area contributed by atoms with Gasteiger partial charge in [0.05, 0.1) is 37.1 Å². The smallest absolute Gasteiger partial charge is 0.306 e. The Morgan fingerprint density at radius 3 is 1.62 bits per heavy atom. The number of halogens is 4. The fraction of sp³-hybridized carbons (Fsp3) is 0. The van der Waals surface area contributed by atoms with E-state index in [1.165, 1.54) is 0 Å². The summed E-state index contributed by atoms with van der Waals surface area (Å²) in [5, 5.41) is 36.2. The van der Waals surface area contributed by atoms with E-state index < -0.39 is 37.5 Å². The van der Waals surface area contributed by atoms with Gasteiger partial charge in [-0.15, -0.1) is 0 Å². The number of anilines is 2. The number of nitrogens with one attached hydrogen (secondary N) is 1. The summed E-state index contributed by atoms with van der Waals surface area (Å²) >= 11 is 13.1. The molecule has 0 heterocycles. The van der Waals surface area contributed by atoms with Crippen LogP contribution in [0.5, 0.6) is 0 Å². The summed E-state index contributed by atoms with van der Waals surface area (Å²) in [5.74, 6) is 0. The van der Waals surface area contributed by atoms with Crippen molar-refractivity contribution in [2.24, 2.45) is 0 Å². The van der Waals surface area contributed by atoms with Crippen molar-refractivity contribution in [1.82, 2.24) is 0 Å². The van der Waals surface area contributed by atoms with E-state index in [1.807, 2.05) is 0 Å². The second-order valence-electron chi connectivity index (χ2n) is 4.60. The zero-order valence-electron chi connectivity index (χ0n) is 12.0. The monoisotopic (exact) mass is 616 g/mol. The molecule has 0 atom stereocenters. The van der Waals surface area contributed by atoms with E-state index >= 15 is 0 Å². The van der Waals surface area contributed by atoms with Gasteiger partial charge >= 0.3 is 11.4 Å². The Balaban J connectivity index is 2.78. The summed E-state index contributed by atoms with van der Waals surface area (Å²) in [6, 6.07) is 2.93. The molecule has 0 saturated carbocycles. The molecule has 0 aliphatic heterocycles. The number of nitrogens with zero attached hydrogens (tertiary/aromatic N) is 3. The molecule has 14 heteroatoms. The van der Waals surface area contributed by atoms with Crippen molar-refractivity contribution in [2.45, 2.75) is 0 Å². The quantitative estimate of drug-likeness (QED) is 0.182. The van der Waals surface area contributed by atoms with Gasteiger partial charge in [-0.25, -0.2) is 0 Å². The number of nitro benzene ring substituents is 3. The van der Waals surface area contributed by atoms with Crippen molar-refractivity contribution in [3.63, 3.8) is 0 Å². The largest absolute Gasteiger partial charge is 0.342 e. The van der Waals surface area contributed by atoms with E-state index in [4.69, 9.17) is 0 Å². The van der Waals surface area contributed by atoms with E-state index in [0.717, 1.165) is 0 Å². The number of hydrogen-bond acceptors (Lipinski definition) is 7. The van der Waals surface area contributed by atoms with E-state index in [0.29, 0.717) is 30.0 Å². The average Bonchev–Trinajstić information content (AvgIpc) is 2.55. The van der Waals surface area contributed by atoms with Crippen LogP contribution in [0.15, 0.2) is 36.1 Å². The summed E-state index contributed by atoms with van der Waals surface area (Å²) in [4.78, 5) is 30.8. The van der Waals surface area contributed by atoms with Crippen molar-refractivity contribution >= 4 is 92.2 Å². The first-order chi connectivity index (χ1) is 12.0. The summed E-state index contributed by atoms with van der Waals surface area (Å²) < 4.78 is 2.05. The molecule has 2 rings (SSSR count). The van der Waals surface area contributed by atoms with Gasteiger partial charge in [-0.2, -0.15) is 0 Å². The Morgan fingerprint density at radius 2 is 1.19 bits per heavy atom. The fourth-order valence-corrected chi connectivity index (χ4v) is 4.56. The van der Waals surface area contributed by atoms with Crippen LogP contribution in [0.1, 0.15) is 0 Å². The zero-order chi connectivity index (χ0) is 19.8. The van der Waals surface area contributed by atoms with Crippen LogP contribution >= 0.6 is 63.7 Å². The maximum absolute atomic E-state index is 11.3. The van der Waals surface area contributed by atoms with Gasteiger partial charge in [0.15, 0.2) is 5.69 Å². The molecular formula is C12H4Br4N4O6. The summed E-state index contributed by atoms with van der Waals surface area (Å²) in [7, 11) is 0. The van der Waals surface area contributed by atoms with Crippen LogP contribution in [-0.4, -0.2) is 14.8 Å². The van der Waals surface area contributed by atoms with Crippen molar-refractivity contribution in [2.75, 3.05) is 5.32 Å². The molecule has 0 radical (unpaired) electrons. The number of rotatable bonds is 5. The molecule has 0 fully saturated rings. The second-order valence-corrected chi connectivity index (χ2v) is 7.89. The van der Waals surface area contributed by atoms with Crippen LogP contribution in [0.3, 0.4) is 0 Å². The highest BCUT2D eigenvalue weighted by Crippen LogP contribution is 2.46. The predicted molar refractivity (Wildman–Crippen MR) is 107 cm³/mol. The van der Waals surface area contributed by atoms with Crippen molar-refractivity contribution in [1.29, 1.82) is 0 Å². The van der Waals surface area contributed by atoms with Crippen LogP contribution in [0.25, 0.3) is 0 Å². The van der Waals surface area contributed by atoms with Crippen molar-refractivity contribution in [3.05, 3.63) is 66.4 Å². The Bertz CT molecular complexity index is 932. The Kier molecular flexibility index (Phi) is 6.31. The minimum absolute atomic E-state index is 0.250. The van der Waals surface area contributed by atoms with Crippen molar-refractivity contribution in [3.8, 4) is 0 Å². The SMILES string of the molecule is O=[N+]([O-])c1cc([N+](=O)[O-])c(Nc2c(Br)cc(Br)c(Br)c2Br)c([N+](=O)[O-])c1. The van der Waals surface area contributed by atoms with Gasteiger partial charge in [0.2, 0.25) is 0 Å². The third kappa shape index (κ3) is 4.02. The lowest BCUT2D eigenvalue weighted by molar-refractivity contribution is -0.401. The van der Waals surface area contributed by atoms with E-state index in [2.05, 4.69) is 69.0 Å². The minimum atomic E-state index is -0.939. The molecule has 26 heavy (non-hydrogen) atoms. The minimum Gasteiger partial charge on any atom is -0.342 e. The lowest BCUT2D eigenvalue weighted by atomic mass is 10.2. The Morgan fingerprint density at radius 1 is 0.692 bits per heavy atom. The molecule has 0 spiro atoms. The average molecular weight is 620 g/mol. The molecule has 0 bridgehead atoms. The second kappa shape index (κ2) is 7.94. The number of hydrogen-bond donors (Lipinski definition) is 1. The highest BCUT2D eigenvalue weighted by Gasteiger charge is 2.31. The van der Waals surface area contributed by atoms with E-state index in [1.54, 1.807) is 6.07 Å². The van der Waals surface area contributed by atoms with Gasteiger partial charge in [-0.1, -0.05) is 0 Å². The molecule has 136 valence electrons. The van der Waals surface area contributed by atoms with Gasteiger partial charge < -0.3 is 5.32 Å². The molecule has 0 aliphatic carbocycles. The van der Waals surface area contributed by atoms with Gasteiger partial charge in [0.25, 0.3) is 5.69 Å². The topological polar surface area (TPSA) is 141 Å². The molecule has 2 aromatic rings. The van der Waals surface area contributed by atoms with Crippen molar-refractivity contribution < 1.29 is 14.8 Å². The highest BCUT2D eigenvalue weighted by molar-refractivity contribution is 9.14. The van der Waals surface area contributed by atoms with Crippen LogP contribution < -0.4 is 5.32 Å². The summed E-state index contributed by atoms with van der Waals surface area (Å²) in [5.41, 5.74) is -2.60. The highest BCUT2D eigenvalue weighted by atomic mass is 79.9. The summed E-state index contributed by atoms with van der Waals surface area (Å²) in [6.07, 6.45) is 0. The lowest BCUT2D eigenvalue weighted by Gasteiger charge is -2.13. The maximum Gasteiger partial charge on any atom is 0.306 e. The Labute approximate surface area is 177 Å². The molecule has 1 N–H and O–H groups in total. The third-order valence-corrected chi connectivity index (χ3v) is 6.98. The van der Waals surface area contributed by atoms with Gasteiger partial charge in [-0.3, -0.25) is 30.3 Å². The lowest BCUT2D eigenvalue weighted by Crippen LogP contribution is -2.04. The Hall–Kier alpha value is -1.64. The summed E-state index contributed by atoms with van der Waals surface area (Å²) in [6.45, 7) is 0. The van der Waals surface area contributed by atoms with Crippen LogP contribution in [0.2, 0.25) is 0 Å². The van der Waals surface area contributed by atoms with Gasteiger partial charge in [0.1, 0.15) is 0 Å². The molecule has 0 saturated heterocycles. The normalized spacial score (nSPS) is 10.5. The molecule has 0 aliphatic rings.